The Balaban J connectivity index is 1.63. The fourth-order valence-corrected chi connectivity index (χ4v) is 2.92. The second kappa shape index (κ2) is 7.46. The Morgan fingerprint density at radius 3 is 2.72 bits per heavy atom. The lowest BCUT2D eigenvalue weighted by atomic mass is 9.83. The molecule has 3 atom stereocenters. The fourth-order valence-electron chi connectivity index (χ4n) is 2.92. The van der Waals surface area contributed by atoms with Gasteiger partial charge in [0.2, 0.25) is 0 Å². The third-order valence-electron chi connectivity index (χ3n) is 4.18. The van der Waals surface area contributed by atoms with Gasteiger partial charge in [0.1, 0.15) is 0 Å². The summed E-state index contributed by atoms with van der Waals surface area (Å²) in [5.41, 5.74) is 0. The minimum absolute atomic E-state index is 0.229. The third-order valence-corrected chi connectivity index (χ3v) is 4.18. The van der Waals surface area contributed by atoms with Gasteiger partial charge in [0.15, 0.2) is 0 Å². The highest BCUT2D eigenvalue weighted by Gasteiger charge is 2.23. The van der Waals surface area contributed by atoms with Crippen LogP contribution >= 0.6 is 0 Å². The van der Waals surface area contributed by atoms with Crippen LogP contribution < -0.4 is 5.32 Å². The van der Waals surface area contributed by atoms with Crippen LogP contribution in [0.4, 0.5) is 0 Å². The van der Waals surface area contributed by atoms with Crippen LogP contribution in [0.25, 0.3) is 0 Å². The lowest BCUT2D eigenvalue weighted by Gasteiger charge is -2.28. The molecule has 3 nitrogen and oxygen atoms in total. The van der Waals surface area contributed by atoms with Gasteiger partial charge >= 0.3 is 0 Å². The molecule has 0 aliphatic heterocycles. The fraction of sp³-hybridized carbons (Fsp3) is 1.00. The van der Waals surface area contributed by atoms with Crippen molar-refractivity contribution in [2.24, 2.45) is 11.8 Å². The van der Waals surface area contributed by atoms with Crippen LogP contribution in [0.15, 0.2) is 0 Å². The highest BCUT2D eigenvalue weighted by molar-refractivity contribution is 4.82. The van der Waals surface area contributed by atoms with E-state index in [2.05, 4.69) is 12.2 Å². The van der Waals surface area contributed by atoms with Crippen molar-refractivity contribution in [3.8, 4) is 0 Å². The van der Waals surface area contributed by atoms with Gasteiger partial charge in [-0.05, 0) is 37.5 Å². The van der Waals surface area contributed by atoms with Crippen molar-refractivity contribution in [3.05, 3.63) is 0 Å². The van der Waals surface area contributed by atoms with Crippen molar-refractivity contribution in [1.82, 2.24) is 5.32 Å². The van der Waals surface area contributed by atoms with E-state index in [1.807, 2.05) is 0 Å². The van der Waals surface area contributed by atoms with Crippen LogP contribution in [-0.4, -0.2) is 39.0 Å². The molecule has 0 bridgehead atoms. The maximum Gasteiger partial charge on any atom is 0.0932 e. The van der Waals surface area contributed by atoms with Crippen molar-refractivity contribution >= 4 is 0 Å². The first-order valence-electron chi connectivity index (χ1n) is 7.62. The molecule has 2 aliphatic carbocycles. The van der Waals surface area contributed by atoms with Gasteiger partial charge in [-0.15, -0.1) is 0 Å². The molecule has 0 amide bonds. The minimum atomic E-state index is 0.229. The molecule has 0 heterocycles. The maximum atomic E-state index is 6.06. The summed E-state index contributed by atoms with van der Waals surface area (Å²) < 4.78 is 11.3. The van der Waals surface area contributed by atoms with Crippen LogP contribution in [0.1, 0.15) is 45.4 Å². The molecule has 0 aromatic carbocycles. The molecule has 2 saturated carbocycles. The average molecular weight is 255 g/mol. The van der Waals surface area contributed by atoms with Gasteiger partial charge in [-0.1, -0.05) is 19.8 Å². The van der Waals surface area contributed by atoms with Crippen LogP contribution in [0.5, 0.6) is 0 Å². The Kier molecular flexibility index (Phi) is 5.93. The van der Waals surface area contributed by atoms with Crippen molar-refractivity contribution in [3.63, 3.8) is 0 Å². The van der Waals surface area contributed by atoms with Crippen molar-refractivity contribution in [2.75, 3.05) is 26.9 Å². The van der Waals surface area contributed by atoms with Gasteiger partial charge in [-0.3, -0.25) is 0 Å². The van der Waals surface area contributed by atoms with E-state index < -0.39 is 0 Å². The highest BCUT2D eigenvalue weighted by Crippen LogP contribution is 2.28. The van der Waals surface area contributed by atoms with E-state index in [1.54, 1.807) is 7.11 Å². The summed E-state index contributed by atoms with van der Waals surface area (Å²) in [5.74, 6) is 1.66. The quantitative estimate of drug-likeness (QED) is 0.723. The van der Waals surface area contributed by atoms with E-state index >= 15 is 0 Å². The SMILES string of the molecule is COCC(CNC1CC1)OCC1CCCC(C)C1. The zero-order chi connectivity index (χ0) is 12.8. The van der Waals surface area contributed by atoms with Crippen LogP contribution in [0, 0.1) is 11.8 Å². The second-order valence-corrected chi connectivity index (χ2v) is 6.23. The van der Waals surface area contributed by atoms with Gasteiger partial charge in [0, 0.05) is 26.3 Å². The molecule has 0 radical (unpaired) electrons. The summed E-state index contributed by atoms with van der Waals surface area (Å²) in [6.07, 6.45) is 8.37. The molecule has 1 N–H and O–H groups in total. The van der Waals surface area contributed by atoms with Gasteiger partial charge in [0.25, 0.3) is 0 Å². The Morgan fingerprint density at radius 1 is 1.22 bits per heavy atom. The zero-order valence-corrected chi connectivity index (χ0v) is 12.0. The largest absolute Gasteiger partial charge is 0.382 e. The van der Waals surface area contributed by atoms with Gasteiger partial charge < -0.3 is 14.8 Å². The second-order valence-electron chi connectivity index (χ2n) is 6.23. The summed E-state index contributed by atoms with van der Waals surface area (Å²) in [6.45, 7) is 4.95. The molecular formula is C15H29NO2. The van der Waals surface area contributed by atoms with Gasteiger partial charge in [-0.25, -0.2) is 0 Å². The minimum Gasteiger partial charge on any atom is -0.382 e. The molecule has 3 unspecified atom stereocenters. The molecular weight excluding hydrogens is 226 g/mol. The predicted octanol–water partition coefficient (Wildman–Crippen LogP) is 2.60. The first kappa shape index (κ1) is 14.3. The van der Waals surface area contributed by atoms with E-state index in [1.165, 1.54) is 38.5 Å². The molecule has 18 heavy (non-hydrogen) atoms. The Morgan fingerprint density at radius 2 is 2.06 bits per heavy atom. The lowest BCUT2D eigenvalue weighted by Crippen LogP contribution is -2.35. The Hall–Kier alpha value is -0.120. The number of hydrogen-bond acceptors (Lipinski definition) is 3. The first-order valence-corrected chi connectivity index (χ1v) is 7.62. The summed E-state index contributed by atoms with van der Waals surface area (Å²) in [7, 11) is 1.76. The molecule has 3 heteroatoms. The number of nitrogens with one attached hydrogen (secondary N) is 1. The standard InChI is InChI=1S/C15H29NO2/c1-12-4-3-5-13(8-12)10-18-15(11-17-2)9-16-14-6-7-14/h12-16H,3-11H2,1-2H3. The number of ether oxygens (including phenoxy) is 2. The first-order chi connectivity index (χ1) is 8.78. The number of hydrogen-bond donors (Lipinski definition) is 1. The molecule has 0 aromatic rings. The predicted molar refractivity (Wildman–Crippen MR) is 73.8 cm³/mol. The highest BCUT2D eigenvalue weighted by atomic mass is 16.5. The van der Waals surface area contributed by atoms with E-state index in [0.717, 1.165) is 31.0 Å². The molecule has 106 valence electrons. The van der Waals surface area contributed by atoms with E-state index in [-0.39, 0.29) is 6.10 Å². The maximum absolute atomic E-state index is 6.06. The molecule has 0 saturated heterocycles. The monoisotopic (exact) mass is 255 g/mol. The lowest BCUT2D eigenvalue weighted by molar-refractivity contribution is -0.0235. The van der Waals surface area contributed by atoms with Crippen LogP contribution in [0.3, 0.4) is 0 Å². The topological polar surface area (TPSA) is 30.5 Å². The molecule has 2 aliphatic rings. The summed E-state index contributed by atoms with van der Waals surface area (Å²) in [4.78, 5) is 0. The zero-order valence-electron chi connectivity index (χ0n) is 12.0. The normalized spacial score (nSPS) is 30.3. The average Bonchev–Trinajstić information content (AvgIpc) is 3.17. The number of methoxy groups -OCH3 is 1. The molecule has 2 rings (SSSR count). The van der Waals surface area contributed by atoms with E-state index in [4.69, 9.17) is 9.47 Å². The van der Waals surface area contributed by atoms with E-state index in [9.17, 15) is 0 Å². The van der Waals surface area contributed by atoms with Crippen molar-refractivity contribution in [2.45, 2.75) is 57.6 Å². The summed E-state index contributed by atoms with van der Waals surface area (Å²) in [5, 5.41) is 3.53. The third kappa shape index (κ3) is 5.25. The summed E-state index contributed by atoms with van der Waals surface area (Å²) in [6, 6.07) is 0.752. The van der Waals surface area contributed by atoms with Crippen LogP contribution in [-0.2, 0) is 9.47 Å². The molecule has 2 fully saturated rings. The Labute approximate surface area is 112 Å². The van der Waals surface area contributed by atoms with Gasteiger partial charge in [-0.2, -0.15) is 0 Å². The summed E-state index contributed by atoms with van der Waals surface area (Å²) >= 11 is 0. The Bertz CT molecular complexity index is 231. The molecule has 0 aromatic heterocycles. The van der Waals surface area contributed by atoms with Crippen LogP contribution in [0.2, 0.25) is 0 Å². The molecule has 0 spiro atoms. The smallest absolute Gasteiger partial charge is 0.0932 e. The number of rotatable bonds is 8. The van der Waals surface area contributed by atoms with Gasteiger partial charge in [0.05, 0.1) is 12.7 Å². The van der Waals surface area contributed by atoms with E-state index in [0.29, 0.717) is 6.61 Å². The van der Waals surface area contributed by atoms with Crippen molar-refractivity contribution < 1.29 is 9.47 Å². The van der Waals surface area contributed by atoms with Crippen molar-refractivity contribution in [1.29, 1.82) is 0 Å².